The first-order valence-electron chi connectivity index (χ1n) is 6.17. The highest BCUT2D eigenvalue weighted by Gasteiger charge is 2.14. The van der Waals surface area contributed by atoms with E-state index in [9.17, 15) is 4.79 Å². The maximum Gasteiger partial charge on any atom is 0.335 e. The molecule has 0 spiro atoms. The predicted molar refractivity (Wildman–Crippen MR) is 82.1 cm³/mol. The molecule has 110 valence electrons. The largest absolute Gasteiger partial charge is 0.478 e. The maximum atomic E-state index is 10.8. The number of aromatic carboxylic acids is 1. The number of carboxylic acids is 1. The molecule has 5 nitrogen and oxygen atoms in total. The Bertz CT molecular complexity index is 844. The number of benzene rings is 2. The van der Waals surface area contributed by atoms with Crippen molar-refractivity contribution in [2.24, 2.45) is 0 Å². The van der Waals surface area contributed by atoms with Crippen LogP contribution in [-0.4, -0.2) is 21.3 Å². The molecule has 0 unspecified atom stereocenters. The number of carbonyl (C=O) groups is 1. The number of hydrogen-bond donors (Lipinski definition) is 1. The van der Waals surface area contributed by atoms with Gasteiger partial charge in [0.15, 0.2) is 0 Å². The molecule has 3 rings (SSSR count). The lowest BCUT2D eigenvalue weighted by molar-refractivity contribution is 0.0697. The molecule has 0 saturated heterocycles. The summed E-state index contributed by atoms with van der Waals surface area (Å²) >= 11 is 11.9. The highest BCUT2D eigenvalue weighted by Crippen LogP contribution is 2.31. The molecule has 1 aromatic heterocycles. The zero-order chi connectivity index (χ0) is 15.7. The molecule has 1 heterocycles. The van der Waals surface area contributed by atoms with Crippen LogP contribution in [0.25, 0.3) is 22.9 Å². The summed E-state index contributed by atoms with van der Waals surface area (Å²) in [6.45, 7) is 0. The van der Waals surface area contributed by atoms with Crippen molar-refractivity contribution in [2.45, 2.75) is 0 Å². The van der Waals surface area contributed by atoms with Gasteiger partial charge in [-0.05, 0) is 42.5 Å². The van der Waals surface area contributed by atoms with Gasteiger partial charge in [-0.15, -0.1) is 10.2 Å². The van der Waals surface area contributed by atoms with Gasteiger partial charge >= 0.3 is 5.97 Å². The number of nitrogens with zero attached hydrogens (tertiary/aromatic N) is 2. The smallest absolute Gasteiger partial charge is 0.335 e. The summed E-state index contributed by atoms with van der Waals surface area (Å²) in [6.07, 6.45) is 0. The third kappa shape index (κ3) is 2.81. The van der Waals surface area contributed by atoms with E-state index in [-0.39, 0.29) is 17.3 Å². The molecule has 1 N–H and O–H groups in total. The van der Waals surface area contributed by atoms with Crippen LogP contribution >= 0.6 is 23.2 Å². The van der Waals surface area contributed by atoms with Crippen molar-refractivity contribution in [3.63, 3.8) is 0 Å². The van der Waals surface area contributed by atoms with Crippen LogP contribution in [0.3, 0.4) is 0 Å². The highest BCUT2D eigenvalue weighted by molar-refractivity contribution is 6.36. The van der Waals surface area contributed by atoms with Crippen molar-refractivity contribution in [1.82, 2.24) is 10.2 Å². The van der Waals surface area contributed by atoms with Gasteiger partial charge in [-0.2, -0.15) is 0 Å². The predicted octanol–water partition coefficient (Wildman–Crippen LogP) is 4.41. The molecule has 22 heavy (non-hydrogen) atoms. The monoisotopic (exact) mass is 334 g/mol. The summed E-state index contributed by atoms with van der Waals surface area (Å²) in [4.78, 5) is 10.8. The van der Waals surface area contributed by atoms with Crippen LogP contribution in [0.5, 0.6) is 0 Å². The zero-order valence-electron chi connectivity index (χ0n) is 11.0. The molecular formula is C15H8Cl2N2O3. The first kappa shape index (κ1) is 14.6. The SMILES string of the molecule is O=C(O)c1ccc(-c2nnc(-c3ccc(Cl)cc3Cl)o2)cc1. The molecule has 0 radical (unpaired) electrons. The van der Waals surface area contributed by atoms with Crippen LogP contribution in [0.2, 0.25) is 10.0 Å². The van der Waals surface area contributed by atoms with Crippen molar-refractivity contribution in [2.75, 3.05) is 0 Å². The van der Waals surface area contributed by atoms with Crippen LogP contribution in [0, 0.1) is 0 Å². The Labute approximate surface area is 135 Å². The molecule has 7 heteroatoms. The van der Waals surface area contributed by atoms with Crippen molar-refractivity contribution >= 4 is 29.2 Å². The fourth-order valence-corrected chi connectivity index (χ4v) is 2.36. The molecule has 0 amide bonds. The Kier molecular flexibility index (Phi) is 3.83. The van der Waals surface area contributed by atoms with E-state index < -0.39 is 5.97 Å². The minimum atomic E-state index is -0.995. The quantitative estimate of drug-likeness (QED) is 0.767. The van der Waals surface area contributed by atoms with E-state index in [2.05, 4.69) is 10.2 Å². The Hall–Kier alpha value is -2.37. The topological polar surface area (TPSA) is 76.2 Å². The molecule has 3 aromatic rings. The molecule has 0 bridgehead atoms. The zero-order valence-corrected chi connectivity index (χ0v) is 12.5. The van der Waals surface area contributed by atoms with Gasteiger partial charge in [0.2, 0.25) is 11.8 Å². The fraction of sp³-hybridized carbons (Fsp3) is 0. The normalized spacial score (nSPS) is 10.6. The van der Waals surface area contributed by atoms with Gasteiger partial charge in [-0.25, -0.2) is 4.79 Å². The number of rotatable bonds is 3. The third-order valence-corrected chi connectivity index (χ3v) is 3.51. The summed E-state index contributed by atoms with van der Waals surface area (Å²) in [6, 6.07) is 11.1. The summed E-state index contributed by atoms with van der Waals surface area (Å²) in [5.74, 6) is -0.456. The van der Waals surface area contributed by atoms with Crippen molar-refractivity contribution in [1.29, 1.82) is 0 Å². The first-order valence-corrected chi connectivity index (χ1v) is 6.93. The van der Waals surface area contributed by atoms with E-state index in [0.717, 1.165) is 0 Å². The molecular weight excluding hydrogens is 327 g/mol. The second kappa shape index (κ2) is 5.79. The minimum Gasteiger partial charge on any atom is -0.478 e. The highest BCUT2D eigenvalue weighted by atomic mass is 35.5. The number of aromatic nitrogens is 2. The Morgan fingerprint density at radius 1 is 1.00 bits per heavy atom. The van der Waals surface area contributed by atoms with Gasteiger partial charge in [0, 0.05) is 10.6 Å². The second-order valence-electron chi connectivity index (χ2n) is 4.42. The molecule has 0 atom stereocenters. The van der Waals surface area contributed by atoms with Crippen LogP contribution < -0.4 is 0 Å². The molecule has 0 aliphatic heterocycles. The molecule has 0 saturated carbocycles. The van der Waals surface area contributed by atoms with Gasteiger partial charge in [0.1, 0.15) is 0 Å². The summed E-state index contributed by atoms with van der Waals surface area (Å²) < 4.78 is 5.58. The van der Waals surface area contributed by atoms with E-state index in [1.165, 1.54) is 12.1 Å². The van der Waals surface area contributed by atoms with Crippen LogP contribution in [-0.2, 0) is 0 Å². The van der Waals surface area contributed by atoms with Gasteiger partial charge in [-0.1, -0.05) is 23.2 Å². The minimum absolute atomic E-state index is 0.184. The van der Waals surface area contributed by atoms with Gasteiger partial charge in [0.25, 0.3) is 0 Å². The van der Waals surface area contributed by atoms with Crippen molar-refractivity contribution in [3.05, 3.63) is 58.1 Å². The fourth-order valence-electron chi connectivity index (χ4n) is 1.87. The molecule has 0 fully saturated rings. The second-order valence-corrected chi connectivity index (χ2v) is 5.26. The average Bonchev–Trinajstić information content (AvgIpc) is 2.97. The van der Waals surface area contributed by atoms with E-state index in [1.807, 2.05) is 0 Å². The Morgan fingerprint density at radius 3 is 2.32 bits per heavy atom. The Balaban J connectivity index is 1.95. The number of halogens is 2. The Morgan fingerprint density at radius 2 is 1.68 bits per heavy atom. The third-order valence-electron chi connectivity index (χ3n) is 2.97. The van der Waals surface area contributed by atoms with E-state index in [4.69, 9.17) is 32.7 Å². The van der Waals surface area contributed by atoms with Gasteiger partial charge < -0.3 is 9.52 Å². The first-order chi connectivity index (χ1) is 10.5. The summed E-state index contributed by atoms with van der Waals surface area (Å²) in [5.41, 5.74) is 1.38. The van der Waals surface area contributed by atoms with Crippen LogP contribution in [0.4, 0.5) is 0 Å². The van der Waals surface area contributed by atoms with Gasteiger partial charge in [0.05, 0.1) is 16.1 Å². The van der Waals surface area contributed by atoms with Crippen LogP contribution in [0.1, 0.15) is 10.4 Å². The lowest BCUT2D eigenvalue weighted by atomic mass is 10.1. The van der Waals surface area contributed by atoms with Crippen molar-refractivity contribution < 1.29 is 14.3 Å². The lowest BCUT2D eigenvalue weighted by Crippen LogP contribution is -1.94. The molecule has 0 aliphatic rings. The maximum absolute atomic E-state index is 10.8. The number of carboxylic acid groups (broad SMARTS) is 1. The van der Waals surface area contributed by atoms with E-state index in [0.29, 0.717) is 21.2 Å². The summed E-state index contributed by atoms with van der Waals surface area (Å²) in [7, 11) is 0. The van der Waals surface area contributed by atoms with E-state index >= 15 is 0 Å². The van der Waals surface area contributed by atoms with Crippen molar-refractivity contribution in [3.8, 4) is 22.9 Å². The molecule has 2 aromatic carbocycles. The van der Waals surface area contributed by atoms with Crippen LogP contribution in [0.15, 0.2) is 46.9 Å². The number of hydrogen-bond acceptors (Lipinski definition) is 4. The summed E-state index contributed by atoms with van der Waals surface area (Å²) in [5, 5.41) is 17.7. The average molecular weight is 335 g/mol. The molecule has 0 aliphatic carbocycles. The van der Waals surface area contributed by atoms with Gasteiger partial charge in [-0.3, -0.25) is 0 Å². The van der Waals surface area contributed by atoms with E-state index in [1.54, 1.807) is 30.3 Å². The standard InChI is InChI=1S/C15H8Cl2N2O3/c16-10-5-6-11(12(17)7-10)14-19-18-13(22-14)8-1-3-9(4-2-8)15(20)21/h1-7H,(H,20,21). The lowest BCUT2D eigenvalue weighted by Gasteiger charge is -1.99.